The zero-order chi connectivity index (χ0) is 15.6. The highest BCUT2D eigenvalue weighted by Gasteiger charge is 2.30. The predicted molar refractivity (Wildman–Crippen MR) is 74.5 cm³/mol. The highest BCUT2D eigenvalue weighted by atomic mass is 19.4. The second-order valence-electron chi connectivity index (χ2n) is 4.58. The number of imidazole rings is 1. The van der Waals surface area contributed by atoms with Gasteiger partial charge in [-0.25, -0.2) is 9.67 Å². The summed E-state index contributed by atoms with van der Waals surface area (Å²) >= 11 is 0. The van der Waals surface area contributed by atoms with Crippen LogP contribution in [0.1, 0.15) is 11.4 Å². The van der Waals surface area contributed by atoms with Gasteiger partial charge < -0.3 is 10.3 Å². The highest BCUT2D eigenvalue weighted by molar-refractivity contribution is 5.40. The van der Waals surface area contributed by atoms with E-state index in [-0.39, 0.29) is 0 Å². The van der Waals surface area contributed by atoms with Crippen LogP contribution in [0.5, 0.6) is 0 Å². The third kappa shape index (κ3) is 3.11. The van der Waals surface area contributed by atoms with Crippen LogP contribution in [-0.4, -0.2) is 19.7 Å². The molecule has 0 atom stereocenters. The van der Waals surface area contributed by atoms with Gasteiger partial charge in [0, 0.05) is 24.7 Å². The number of nitrogens with one attached hydrogen (secondary N) is 2. The van der Waals surface area contributed by atoms with E-state index in [2.05, 4.69) is 20.4 Å². The standard InChI is InChI=1S/C14H12F3N5/c15-14(16,17)10-2-1-3-11(8-10)22-7-4-12(21-22)20-9-13-18-5-6-19-13/h1-8H,9H2,(H,18,19)(H,20,21). The Kier molecular flexibility index (Phi) is 3.58. The van der Waals surface area contributed by atoms with Crippen molar-refractivity contribution in [1.29, 1.82) is 0 Å². The number of hydrogen-bond donors (Lipinski definition) is 2. The Morgan fingerprint density at radius 3 is 2.82 bits per heavy atom. The molecule has 0 radical (unpaired) electrons. The molecule has 22 heavy (non-hydrogen) atoms. The Bertz CT molecular complexity index is 746. The number of halogens is 3. The van der Waals surface area contributed by atoms with Gasteiger partial charge in [0.2, 0.25) is 0 Å². The Labute approximate surface area is 123 Å². The minimum Gasteiger partial charge on any atom is -0.361 e. The van der Waals surface area contributed by atoms with Crippen molar-refractivity contribution in [3.05, 3.63) is 60.3 Å². The lowest BCUT2D eigenvalue weighted by molar-refractivity contribution is -0.137. The lowest BCUT2D eigenvalue weighted by atomic mass is 10.2. The number of aromatic amines is 1. The average Bonchev–Trinajstić information content (AvgIpc) is 3.16. The molecule has 5 nitrogen and oxygen atoms in total. The van der Waals surface area contributed by atoms with E-state index in [0.717, 1.165) is 18.0 Å². The second kappa shape index (κ2) is 5.55. The molecular formula is C14H12F3N5. The van der Waals surface area contributed by atoms with Crippen molar-refractivity contribution in [2.45, 2.75) is 12.7 Å². The molecule has 0 aliphatic rings. The van der Waals surface area contributed by atoms with Crippen molar-refractivity contribution in [2.24, 2.45) is 0 Å². The predicted octanol–water partition coefficient (Wildman–Crippen LogP) is 3.23. The normalized spacial score (nSPS) is 11.6. The van der Waals surface area contributed by atoms with Gasteiger partial charge in [-0.05, 0) is 18.2 Å². The third-order valence-electron chi connectivity index (χ3n) is 3.02. The molecule has 0 amide bonds. The van der Waals surface area contributed by atoms with Crippen LogP contribution in [0, 0.1) is 0 Å². The lowest BCUT2D eigenvalue weighted by Crippen LogP contribution is -2.06. The number of aromatic nitrogens is 4. The van der Waals surface area contributed by atoms with Crippen molar-refractivity contribution in [2.75, 3.05) is 5.32 Å². The summed E-state index contributed by atoms with van der Waals surface area (Å²) in [5.41, 5.74) is -0.355. The number of H-pyrrole nitrogens is 1. The maximum Gasteiger partial charge on any atom is 0.416 e. The SMILES string of the molecule is FC(F)(F)c1cccc(-n2ccc(NCc3ncc[nH]3)n2)c1. The van der Waals surface area contributed by atoms with Gasteiger partial charge in [-0.15, -0.1) is 0 Å². The van der Waals surface area contributed by atoms with E-state index >= 15 is 0 Å². The lowest BCUT2D eigenvalue weighted by Gasteiger charge is -2.08. The van der Waals surface area contributed by atoms with E-state index in [1.807, 2.05) is 0 Å². The van der Waals surface area contributed by atoms with Crippen molar-refractivity contribution in [1.82, 2.24) is 19.7 Å². The van der Waals surface area contributed by atoms with Gasteiger partial charge in [0.15, 0.2) is 0 Å². The Morgan fingerprint density at radius 1 is 1.23 bits per heavy atom. The van der Waals surface area contributed by atoms with E-state index in [4.69, 9.17) is 0 Å². The molecule has 2 N–H and O–H groups in total. The molecular weight excluding hydrogens is 295 g/mol. The zero-order valence-corrected chi connectivity index (χ0v) is 11.3. The molecule has 3 rings (SSSR count). The maximum atomic E-state index is 12.7. The quantitative estimate of drug-likeness (QED) is 0.778. The van der Waals surface area contributed by atoms with Crippen LogP contribution < -0.4 is 5.32 Å². The molecule has 114 valence electrons. The monoisotopic (exact) mass is 307 g/mol. The minimum atomic E-state index is -4.37. The first kappa shape index (κ1) is 14.2. The summed E-state index contributed by atoms with van der Waals surface area (Å²) in [4.78, 5) is 6.99. The first-order chi connectivity index (χ1) is 10.5. The zero-order valence-electron chi connectivity index (χ0n) is 11.3. The van der Waals surface area contributed by atoms with Crippen LogP contribution >= 0.6 is 0 Å². The number of nitrogens with zero attached hydrogens (tertiary/aromatic N) is 3. The van der Waals surface area contributed by atoms with Crippen LogP contribution in [-0.2, 0) is 12.7 Å². The van der Waals surface area contributed by atoms with Crippen LogP contribution in [0.15, 0.2) is 48.9 Å². The van der Waals surface area contributed by atoms with E-state index < -0.39 is 11.7 Å². The first-order valence-corrected chi connectivity index (χ1v) is 6.48. The smallest absolute Gasteiger partial charge is 0.361 e. The van der Waals surface area contributed by atoms with Crippen molar-refractivity contribution < 1.29 is 13.2 Å². The average molecular weight is 307 g/mol. The Morgan fingerprint density at radius 2 is 2.09 bits per heavy atom. The Balaban J connectivity index is 1.76. The summed E-state index contributed by atoms with van der Waals surface area (Å²) < 4.78 is 39.5. The third-order valence-corrected chi connectivity index (χ3v) is 3.02. The van der Waals surface area contributed by atoms with Crippen LogP contribution in [0.2, 0.25) is 0 Å². The summed E-state index contributed by atoms with van der Waals surface area (Å²) in [6.07, 6.45) is 0.569. The van der Waals surface area contributed by atoms with Crippen molar-refractivity contribution >= 4 is 5.82 Å². The molecule has 2 heterocycles. The van der Waals surface area contributed by atoms with Gasteiger partial charge in [-0.1, -0.05) is 6.07 Å². The first-order valence-electron chi connectivity index (χ1n) is 6.48. The maximum absolute atomic E-state index is 12.7. The number of rotatable bonds is 4. The molecule has 0 unspecified atom stereocenters. The fourth-order valence-electron chi connectivity index (χ4n) is 1.96. The van der Waals surface area contributed by atoms with E-state index in [9.17, 15) is 13.2 Å². The molecule has 0 aliphatic heterocycles. The van der Waals surface area contributed by atoms with E-state index in [1.165, 1.54) is 10.7 Å². The Hall–Kier alpha value is -2.77. The molecule has 0 aliphatic carbocycles. The summed E-state index contributed by atoms with van der Waals surface area (Å²) in [6, 6.07) is 6.70. The fourth-order valence-corrected chi connectivity index (χ4v) is 1.96. The molecule has 8 heteroatoms. The van der Waals surface area contributed by atoms with Gasteiger partial charge in [-0.2, -0.15) is 18.3 Å². The minimum absolute atomic E-state index is 0.348. The van der Waals surface area contributed by atoms with Crippen molar-refractivity contribution in [3.8, 4) is 5.69 Å². The van der Waals surface area contributed by atoms with Crippen molar-refractivity contribution in [3.63, 3.8) is 0 Å². The number of alkyl halides is 3. The topological polar surface area (TPSA) is 58.5 Å². The second-order valence-corrected chi connectivity index (χ2v) is 4.58. The molecule has 0 saturated carbocycles. The summed E-state index contributed by atoms with van der Waals surface area (Å²) in [6.45, 7) is 0.451. The van der Waals surface area contributed by atoms with Crippen LogP contribution in [0.4, 0.5) is 19.0 Å². The van der Waals surface area contributed by atoms with Gasteiger partial charge in [0.05, 0.1) is 17.8 Å². The molecule has 0 bridgehead atoms. The number of benzene rings is 1. The number of hydrogen-bond acceptors (Lipinski definition) is 3. The largest absolute Gasteiger partial charge is 0.416 e. The summed E-state index contributed by atoms with van der Waals surface area (Å²) in [5.74, 6) is 1.29. The molecule has 0 spiro atoms. The van der Waals surface area contributed by atoms with Gasteiger partial charge in [0.25, 0.3) is 0 Å². The molecule has 0 saturated heterocycles. The van der Waals surface area contributed by atoms with E-state index in [1.54, 1.807) is 30.7 Å². The molecule has 3 aromatic rings. The highest BCUT2D eigenvalue weighted by Crippen LogP contribution is 2.30. The van der Waals surface area contributed by atoms with E-state index in [0.29, 0.717) is 18.1 Å². The fraction of sp³-hybridized carbons (Fsp3) is 0.143. The van der Waals surface area contributed by atoms with Crippen LogP contribution in [0.3, 0.4) is 0 Å². The molecule has 2 aromatic heterocycles. The summed E-state index contributed by atoms with van der Waals surface area (Å²) in [5, 5.41) is 7.23. The van der Waals surface area contributed by atoms with Gasteiger partial charge in [-0.3, -0.25) is 0 Å². The summed E-state index contributed by atoms with van der Waals surface area (Å²) in [7, 11) is 0. The van der Waals surface area contributed by atoms with Crippen LogP contribution in [0.25, 0.3) is 5.69 Å². The number of anilines is 1. The molecule has 1 aromatic carbocycles. The van der Waals surface area contributed by atoms with Gasteiger partial charge in [0.1, 0.15) is 11.6 Å². The molecule has 0 fully saturated rings. The van der Waals surface area contributed by atoms with Gasteiger partial charge >= 0.3 is 6.18 Å².